The monoisotopic (exact) mass is 527 g/mol. The molecule has 9 nitrogen and oxygen atoms in total. The number of hydrogen-bond acceptors (Lipinski definition) is 7. The Morgan fingerprint density at radius 3 is 2.90 bits per heavy atom. The van der Waals surface area contributed by atoms with Gasteiger partial charge in [0.25, 0.3) is 0 Å². The number of nitrogens with zero attached hydrogens (tertiary/aromatic N) is 6. The van der Waals surface area contributed by atoms with Crippen molar-refractivity contribution in [1.29, 1.82) is 0 Å². The molecule has 1 N–H and O–H groups in total. The number of piperazine rings is 1. The van der Waals surface area contributed by atoms with Crippen LogP contribution in [-0.2, 0) is 11.2 Å². The van der Waals surface area contributed by atoms with Crippen molar-refractivity contribution < 1.29 is 9.53 Å². The topological polar surface area (TPSA) is 87.4 Å². The third-order valence-electron chi connectivity index (χ3n) is 5.10. The molecule has 10 heteroatoms. The Labute approximate surface area is 193 Å². The molecule has 2 aromatic rings. The van der Waals surface area contributed by atoms with Crippen LogP contribution >= 0.6 is 24.0 Å². The molecule has 1 saturated heterocycles. The molecule has 1 atom stereocenters. The highest BCUT2D eigenvalue weighted by Gasteiger charge is 2.36. The Morgan fingerprint density at radius 2 is 2.10 bits per heavy atom. The molecule has 1 amide bonds. The molecule has 1 unspecified atom stereocenters. The van der Waals surface area contributed by atoms with E-state index in [1.165, 1.54) is 0 Å². The van der Waals surface area contributed by atoms with Gasteiger partial charge in [-0.25, -0.2) is 4.79 Å². The third kappa shape index (κ3) is 5.13. The predicted molar refractivity (Wildman–Crippen MR) is 125 cm³/mol. The molecule has 2 aromatic heterocycles. The van der Waals surface area contributed by atoms with Gasteiger partial charge in [0.1, 0.15) is 11.4 Å². The summed E-state index contributed by atoms with van der Waals surface area (Å²) in [6.07, 6.45) is 3.55. The molecular formula is C20H30IN7O2. The summed E-state index contributed by atoms with van der Waals surface area (Å²) in [6, 6.07) is 6.13. The van der Waals surface area contributed by atoms with Crippen LogP contribution in [0.15, 0.2) is 29.4 Å². The molecule has 0 aromatic carbocycles. The van der Waals surface area contributed by atoms with Gasteiger partial charge in [-0.3, -0.25) is 9.39 Å². The molecule has 0 bridgehead atoms. The zero-order chi connectivity index (χ0) is 20.4. The molecule has 1 fully saturated rings. The van der Waals surface area contributed by atoms with Crippen molar-refractivity contribution in [2.24, 2.45) is 4.99 Å². The number of nitrogens with one attached hydrogen (secondary N) is 1. The Balaban J connectivity index is 0.00000256. The number of carbonyl (C=O) groups excluding carboxylic acids is 1. The quantitative estimate of drug-likeness (QED) is 0.485. The average molecular weight is 527 g/mol. The van der Waals surface area contributed by atoms with E-state index in [4.69, 9.17) is 4.74 Å². The van der Waals surface area contributed by atoms with E-state index in [9.17, 15) is 4.79 Å². The number of ether oxygens (including phenoxy) is 1. The highest BCUT2D eigenvalue weighted by Crippen LogP contribution is 2.18. The molecule has 0 radical (unpaired) electrons. The number of rotatable bonds is 4. The fraction of sp³-hybridized carbons (Fsp3) is 0.600. The number of pyridine rings is 1. The van der Waals surface area contributed by atoms with Gasteiger partial charge in [0.05, 0.1) is 12.6 Å². The lowest BCUT2D eigenvalue weighted by molar-refractivity contribution is 0.0137. The highest BCUT2D eigenvalue weighted by molar-refractivity contribution is 14.0. The molecule has 0 aliphatic carbocycles. The lowest BCUT2D eigenvalue weighted by Crippen LogP contribution is -2.57. The normalized spacial score (nSPS) is 18.6. The third-order valence-corrected chi connectivity index (χ3v) is 5.10. The van der Waals surface area contributed by atoms with Crippen molar-refractivity contribution in [3.63, 3.8) is 0 Å². The second-order valence-corrected chi connectivity index (χ2v) is 8.51. The van der Waals surface area contributed by atoms with Gasteiger partial charge in [-0.05, 0) is 39.3 Å². The lowest BCUT2D eigenvalue weighted by atomic mass is 10.2. The Kier molecular flexibility index (Phi) is 7.04. The smallest absolute Gasteiger partial charge is 0.410 e. The van der Waals surface area contributed by atoms with Crippen LogP contribution in [0.2, 0.25) is 0 Å². The van der Waals surface area contributed by atoms with E-state index >= 15 is 0 Å². The molecule has 0 saturated carbocycles. The first-order chi connectivity index (χ1) is 13.9. The zero-order valence-corrected chi connectivity index (χ0v) is 20.1. The van der Waals surface area contributed by atoms with Crippen molar-refractivity contribution >= 4 is 41.7 Å². The number of aryl methyl sites for hydroxylation is 1. The minimum Gasteiger partial charge on any atom is -0.444 e. The lowest BCUT2D eigenvalue weighted by Gasteiger charge is -2.39. The number of halogens is 1. The highest BCUT2D eigenvalue weighted by atomic mass is 127. The first-order valence-electron chi connectivity index (χ1n) is 10.2. The summed E-state index contributed by atoms with van der Waals surface area (Å²) >= 11 is 0. The first-order valence-corrected chi connectivity index (χ1v) is 10.2. The molecular weight excluding hydrogens is 497 g/mol. The molecule has 30 heavy (non-hydrogen) atoms. The number of aliphatic imine (C=N–C) groups is 1. The van der Waals surface area contributed by atoms with E-state index < -0.39 is 5.60 Å². The minimum absolute atomic E-state index is 0. The number of amides is 1. The molecule has 164 valence electrons. The van der Waals surface area contributed by atoms with Crippen LogP contribution in [0.5, 0.6) is 0 Å². The van der Waals surface area contributed by atoms with Gasteiger partial charge in [-0.1, -0.05) is 6.07 Å². The zero-order valence-electron chi connectivity index (χ0n) is 17.7. The largest absolute Gasteiger partial charge is 0.444 e. The Bertz CT molecular complexity index is 908. The van der Waals surface area contributed by atoms with E-state index in [1.54, 1.807) is 4.90 Å². The van der Waals surface area contributed by atoms with E-state index in [1.807, 2.05) is 49.6 Å². The summed E-state index contributed by atoms with van der Waals surface area (Å²) in [5, 5.41) is 11.9. The van der Waals surface area contributed by atoms with Crippen LogP contribution < -0.4 is 5.32 Å². The fourth-order valence-electron chi connectivity index (χ4n) is 3.73. The van der Waals surface area contributed by atoms with Gasteiger partial charge in [-0.15, -0.1) is 34.2 Å². The summed E-state index contributed by atoms with van der Waals surface area (Å²) < 4.78 is 7.53. The summed E-state index contributed by atoms with van der Waals surface area (Å²) in [5.74, 6) is 1.91. The second kappa shape index (κ2) is 9.36. The maximum atomic E-state index is 12.3. The van der Waals surface area contributed by atoms with E-state index in [0.717, 1.165) is 43.4 Å². The van der Waals surface area contributed by atoms with E-state index in [0.29, 0.717) is 19.6 Å². The van der Waals surface area contributed by atoms with Gasteiger partial charge in [0.15, 0.2) is 11.6 Å². The molecule has 4 heterocycles. The van der Waals surface area contributed by atoms with Crippen LogP contribution in [0.3, 0.4) is 0 Å². The van der Waals surface area contributed by atoms with Crippen LogP contribution in [-0.4, -0.2) is 80.8 Å². The van der Waals surface area contributed by atoms with Gasteiger partial charge >= 0.3 is 6.09 Å². The maximum Gasteiger partial charge on any atom is 0.410 e. The number of fused-ring (bicyclic) bond motifs is 2. The fourth-order valence-corrected chi connectivity index (χ4v) is 3.73. The number of hydrogen-bond donors (Lipinski definition) is 1. The SMILES string of the molecule is CC(C)(C)OC(=O)N1CCN2C(NCCCc3nnc4ccccn34)=NCC2C1.I. The standard InChI is InChI=1S/C20H29N7O2.HI/c1-20(2,3)29-19(28)25-11-12-26-15(14-25)13-22-18(26)21-9-6-8-17-24-23-16-7-4-5-10-27(16)17;/h4-5,7,10,15H,6,8-9,11-14H2,1-3H3,(H,21,22);1H. The Morgan fingerprint density at radius 1 is 1.27 bits per heavy atom. The van der Waals surface area contributed by atoms with Gasteiger partial charge < -0.3 is 19.9 Å². The van der Waals surface area contributed by atoms with Gasteiger partial charge in [0, 0.05) is 38.8 Å². The Hall–Kier alpha value is -2.11. The average Bonchev–Trinajstić information content (AvgIpc) is 3.27. The number of guanidine groups is 1. The first kappa shape index (κ1) is 22.6. The van der Waals surface area contributed by atoms with Gasteiger partial charge in [-0.2, -0.15) is 0 Å². The summed E-state index contributed by atoms with van der Waals surface area (Å²) in [4.78, 5) is 21.0. The van der Waals surface area contributed by atoms with Gasteiger partial charge in [0.2, 0.25) is 0 Å². The van der Waals surface area contributed by atoms with Crippen molar-refractivity contribution in [2.45, 2.75) is 45.3 Å². The molecule has 0 spiro atoms. The van der Waals surface area contributed by atoms with Crippen LogP contribution in [0.1, 0.15) is 33.0 Å². The van der Waals surface area contributed by atoms with Crippen LogP contribution in [0.4, 0.5) is 4.79 Å². The van der Waals surface area contributed by atoms with Crippen molar-refractivity contribution in [3.8, 4) is 0 Å². The van der Waals surface area contributed by atoms with Crippen molar-refractivity contribution in [3.05, 3.63) is 30.2 Å². The number of carbonyl (C=O) groups is 1. The minimum atomic E-state index is -0.469. The summed E-state index contributed by atoms with van der Waals surface area (Å²) in [6.45, 7) is 9.27. The van der Waals surface area contributed by atoms with E-state index in [2.05, 4.69) is 25.4 Å². The predicted octanol–water partition coefficient (Wildman–Crippen LogP) is 2.16. The number of aromatic nitrogens is 3. The van der Waals surface area contributed by atoms with Crippen molar-refractivity contribution in [2.75, 3.05) is 32.7 Å². The van der Waals surface area contributed by atoms with Crippen LogP contribution in [0.25, 0.3) is 5.65 Å². The summed E-state index contributed by atoms with van der Waals surface area (Å²) in [7, 11) is 0. The van der Waals surface area contributed by atoms with Crippen molar-refractivity contribution in [1.82, 2.24) is 29.7 Å². The van der Waals surface area contributed by atoms with E-state index in [-0.39, 0.29) is 36.1 Å². The maximum absolute atomic E-state index is 12.3. The molecule has 2 aliphatic rings. The summed E-state index contributed by atoms with van der Waals surface area (Å²) in [5.41, 5.74) is 0.407. The molecule has 2 aliphatic heterocycles. The van der Waals surface area contributed by atoms with Crippen LogP contribution in [0, 0.1) is 0 Å². The second-order valence-electron chi connectivity index (χ2n) is 8.51. The molecule has 4 rings (SSSR count).